The van der Waals surface area contributed by atoms with E-state index in [0.29, 0.717) is 10.0 Å². The Balaban J connectivity index is 3.32. The monoisotopic (exact) mass is 317 g/mol. The van der Waals surface area contributed by atoms with Gasteiger partial charge < -0.3 is 5.11 Å². The summed E-state index contributed by atoms with van der Waals surface area (Å²) >= 11 is 6.11. The zero-order valence-electron chi connectivity index (χ0n) is 6.92. The highest BCUT2D eigenvalue weighted by molar-refractivity contribution is 9.10. The van der Waals surface area contributed by atoms with E-state index in [1.807, 2.05) is 0 Å². The number of phenols is 1. The first kappa shape index (κ1) is 11.2. The van der Waals surface area contributed by atoms with E-state index in [0.717, 1.165) is 0 Å². The molecule has 0 spiro atoms. The standard InChI is InChI=1S/C9H5Br2NO2/c1-12-7-3-5(8(13)4-10)2-6(11)9(7)14/h2-3,14H,4H2. The number of phenolic OH excluding ortho intramolecular Hbond substituents is 1. The number of nitrogens with zero attached hydrogens (tertiary/aromatic N) is 1. The summed E-state index contributed by atoms with van der Waals surface area (Å²) in [5, 5.41) is 9.59. The normalized spacial score (nSPS) is 9.50. The maximum absolute atomic E-state index is 11.3. The molecular weight excluding hydrogens is 314 g/mol. The van der Waals surface area contributed by atoms with Crippen LogP contribution >= 0.6 is 31.9 Å². The molecule has 72 valence electrons. The molecule has 14 heavy (non-hydrogen) atoms. The molecule has 0 saturated carbocycles. The van der Waals surface area contributed by atoms with Crippen molar-refractivity contribution in [3.05, 3.63) is 33.6 Å². The van der Waals surface area contributed by atoms with Crippen LogP contribution in [0.4, 0.5) is 5.69 Å². The molecule has 0 heterocycles. The zero-order valence-corrected chi connectivity index (χ0v) is 10.1. The molecule has 5 heteroatoms. The molecule has 1 rings (SSSR count). The zero-order chi connectivity index (χ0) is 10.7. The third-order valence-electron chi connectivity index (χ3n) is 1.61. The second-order valence-electron chi connectivity index (χ2n) is 2.49. The Morgan fingerprint density at radius 1 is 1.57 bits per heavy atom. The number of rotatable bonds is 2. The lowest BCUT2D eigenvalue weighted by atomic mass is 10.1. The number of ketones is 1. The van der Waals surface area contributed by atoms with E-state index >= 15 is 0 Å². The molecule has 1 aromatic rings. The highest BCUT2D eigenvalue weighted by atomic mass is 79.9. The van der Waals surface area contributed by atoms with Crippen molar-refractivity contribution in [2.45, 2.75) is 0 Å². The number of Topliss-reactive ketones (excluding diaryl/α,β-unsaturated/α-hetero) is 1. The summed E-state index contributed by atoms with van der Waals surface area (Å²) in [5.74, 6) is -0.262. The third-order valence-corrected chi connectivity index (χ3v) is 2.72. The number of carbonyl (C=O) groups excluding carboxylic acids is 1. The smallest absolute Gasteiger partial charge is 0.229 e. The predicted octanol–water partition coefficient (Wildman–Crippen LogP) is 3.28. The maximum Gasteiger partial charge on any atom is 0.229 e. The van der Waals surface area contributed by atoms with Crippen LogP contribution in [-0.2, 0) is 0 Å². The van der Waals surface area contributed by atoms with E-state index in [1.54, 1.807) is 0 Å². The van der Waals surface area contributed by atoms with Gasteiger partial charge in [-0.1, -0.05) is 15.9 Å². The molecule has 0 amide bonds. The van der Waals surface area contributed by atoms with E-state index in [9.17, 15) is 9.90 Å². The molecule has 0 bridgehead atoms. The first-order valence-corrected chi connectivity index (χ1v) is 5.50. The third kappa shape index (κ3) is 2.14. The molecular formula is C9H5Br2NO2. The predicted molar refractivity (Wildman–Crippen MR) is 60.2 cm³/mol. The van der Waals surface area contributed by atoms with Crippen LogP contribution in [0.2, 0.25) is 0 Å². The minimum atomic E-state index is -0.133. The van der Waals surface area contributed by atoms with Crippen LogP contribution in [0.5, 0.6) is 5.75 Å². The molecule has 1 aromatic carbocycles. The fourth-order valence-electron chi connectivity index (χ4n) is 0.908. The largest absolute Gasteiger partial charge is 0.518 e. The SMILES string of the molecule is [C-]#[N+]c1cc(C(=O)CBr)cc(Br)c1O. The molecule has 0 unspecified atom stereocenters. The van der Waals surface area contributed by atoms with Gasteiger partial charge in [0.15, 0.2) is 5.78 Å². The van der Waals surface area contributed by atoms with Gasteiger partial charge in [-0.15, -0.1) is 0 Å². The summed E-state index contributed by atoms with van der Waals surface area (Å²) in [4.78, 5) is 14.4. The van der Waals surface area contributed by atoms with Gasteiger partial charge in [0.25, 0.3) is 0 Å². The molecule has 0 saturated heterocycles. The van der Waals surface area contributed by atoms with Crippen LogP contribution in [0.15, 0.2) is 16.6 Å². The first-order chi connectivity index (χ1) is 6.60. The number of carbonyl (C=O) groups is 1. The molecule has 0 aliphatic heterocycles. The Kier molecular flexibility index (Phi) is 3.67. The Labute approximate surface area is 97.8 Å². The number of halogens is 2. The van der Waals surface area contributed by atoms with Crippen LogP contribution in [-0.4, -0.2) is 16.2 Å². The van der Waals surface area contributed by atoms with Crippen LogP contribution in [0, 0.1) is 6.57 Å². The molecule has 1 N–H and O–H groups in total. The van der Waals surface area contributed by atoms with Gasteiger partial charge in [-0.25, -0.2) is 4.85 Å². The van der Waals surface area contributed by atoms with Gasteiger partial charge in [-0.2, -0.15) is 0 Å². The van der Waals surface area contributed by atoms with Crippen LogP contribution in [0.3, 0.4) is 0 Å². The molecule has 0 aliphatic carbocycles. The lowest BCUT2D eigenvalue weighted by molar-refractivity contribution is 0.102. The summed E-state index contributed by atoms with van der Waals surface area (Å²) < 4.78 is 0.357. The number of benzene rings is 1. The van der Waals surface area contributed by atoms with Crippen molar-refractivity contribution in [3.8, 4) is 5.75 Å². The summed E-state index contributed by atoms with van der Waals surface area (Å²) in [5.41, 5.74) is 0.473. The van der Waals surface area contributed by atoms with Gasteiger partial charge in [0, 0.05) is 10.0 Å². The molecule has 0 fully saturated rings. The Morgan fingerprint density at radius 3 is 2.71 bits per heavy atom. The van der Waals surface area contributed by atoms with Crippen molar-refractivity contribution in [2.24, 2.45) is 0 Å². The molecule has 0 atom stereocenters. The van der Waals surface area contributed by atoms with Crippen LogP contribution in [0.25, 0.3) is 4.85 Å². The quantitative estimate of drug-likeness (QED) is 0.516. The number of hydrogen-bond donors (Lipinski definition) is 1. The highest BCUT2D eigenvalue weighted by Crippen LogP contribution is 2.35. The second kappa shape index (κ2) is 4.58. The van der Waals surface area contributed by atoms with Crippen molar-refractivity contribution >= 4 is 43.3 Å². The van der Waals surface area contributed by atoms with Gasteiger partial charge in [-0.05, 0) is 28.1 Å². The van der Waals surface area contributed by atoms with Crippen molar-refractivity contribution in [1.82, 2.24) is 0 Å². The summed E-state index contributed by atoms with van der Waals surface area (Å²) in [7, 11) is 0. The fraction of sp³-hybridized carbons (Fsp3) is 0.111. The minimum Gasteiger partial charge on any atom is -0.518 e. The number of aromatic hydroxyl groups is 1. The minimum absolute atomic E-state index is 0.0728. The van der Waals surface area contributed by atoms with Gasteiger partial charge in [0.2, 0.25) is 5.69 Å². The first-order valence-electron chi connectivity index (χ1n) is 3.59. The van der Waals surface area contributed by atoms with E-state index in [1.165, 1.54) is 12.1 Å². The molecule has 0 aromatic heterocycles. The van der Waals surface area contributed by atoms with Crippen molar-refractivity contribution in [2.75, 3.05) is 5.33 Å². The summed E-state index contributed by atoms with van der Waals surface area (Å²) in [6.07, 6.45) is 0. The van der Waals surface area contributed by atoms with Crippen LogP contribution in [0.1, 0.15) is 10.4 Å². The lowest BCUT2D eigenvalue weighted by Crippen LogP contribution is -1.99. The van der Waals surface area contributed by atoms with E-state index in [4.69, 9.17) is 6.57 Å². The summed E-state index contributed by atoms with van der Waals surface area (Å²) in [6, 6.07) is 2.87. The molecule has 3 nitrogen and oxygen atoms in total. The van der Waals surface area contributed by atoms with Crippen molar-refractivity contribution in [3.63, 3.8) is 0 Å². The average molecular weight is 319 g/mol. The Hall–Kier alpha value is -0.860. The number of alkyl halides is 1. The highest BCUT2D eigenvalue weighted by Gasteiger charge is 2.11. The maximum atomic E-state index is 11.3. The van der Waals surface area contributed by atoms with Gasteiger partial charge >= 0.3 is 0 Å². The molecule has 0 radical (unpaired) electrons. The summed E-state index contributed by atoms with van der Waals surface area (Å²) in [6.45, 7) is 6.80. The topological polar surface area (TPSA) is 41.7 Å². The fourth-order valence-corrected chi connectivity index (χ4v) is 1.68. The lowest BCUT2D eigenvalue weighted by Gasteiger charge is -2.03. The Bertz CT molecular complexity index is 424. The van der Waals surface area contributed by atoms with Gasteiger partial charge in [0.1, 0.15) is 5.75 Å². The molecule has 0 aliphatic rings. The van der Waals surface area contributed by atoms with Crippen LogP contribution < -0.4 is 0 Å². The van der Waals surface area contributed by atoms with E-state index < -0.39 is 0 Å². The second-order valence-corrected chi connectivity index (χ2v) is 3.91. The number of hydrogen-bond acceptors (Lipinski definition) is 2. The van der Waals surface area contributed by atoms with Gasteiger partial charge in [0.05, 0.1) is 11.9 Å². The Morgan fingerprint density at radius 2 is 2.21 bits per heavy atom. The van der Waals surface area contributed by atoms with Crippen molar-refractivity contribution < 1.29 is 9.90 Å². The van der Waals surface area contributed by atoms with Gasteiger partial charge in [-0.3, -0.25) is 4.79 Å². The van der Waals surface area contributed by atoms with E-state index in [-0.39, 0.29) is 22.6 Å². The van der Waals surface area contributed by atoms with Crippen molar-refractivity contribution in [1.29, 1.82) is 0 Å². The average Bonchev–Trinajstić information content (AvgIpc) is 2.20. The van der Waals surface area contributed by atoms with E-state index in [2.05, 4.69) is 36.7 Å².